The SMILES string of the molecule is COc1cc2c3c(c(N[C@@H](C)C4CC4)nc2cc1OCCCN1CCCC1)CCC3OC=O. The minimum Gasteiger partial charge on any atom is -0.493 e. The summed E-state index contributed by atoms with van der Waals surface area (Å²) in [5.74, 6) is 3.04. The van der Waals surface area contributed by atoms with Gasteiger partial charge in [-0.15, -0.1) is 0 Å². The van der Waals surface area contributed by atoms with Crippen LogP contribution in [-0.2, 0) is 16.0 Å². The lowest BCUT2D eigenvalue weighted by Gasteiger charge is -2.20. The lowest BCUT2D eigenvalue weighted by molar-refractivity contribution is -0.133. The number of benzene rings is 1. The van der Waals surface area contributed by atoms with Crippen LogP contribution in [0.3, 0.4) is 0 Å². The zero-order valence-electron chi connectivity index (χ0n) is 19.8. The van der Waals surface area contributed by atoms with Crippen LogP contribution in [0.2, 0.25) is 0 Å². The van der Waals surface area contributed by atoms with Crippen molar-refractivity contribution in [1.82, 2.24) is 9.88 Å². The molecule has 1 aromatic carbocycles. The van der Waals surface area contributed by atoms with Crippen LogP contribution in [0.5, 0.6) is 11.5 Å². The number of carbonyl (C=O) groups excluding carboxylic acids is 1. The highest BCUT2D eigenvalue weighted by Crippen LogP contribution is 2.45. The minimum absolute atomic E-state index is 0.253. The maximum absolute atomic E-state index is 11.2. The maximum Gasteiger partial charge on any atom is 0.293 e. The summed E-state index contributed by atoms with van der Waals surface area (Å²) in [6.45, 7) is 6.90. The average molecular weight is 454 g/mol. The number of anilines is 1. The number of nitrogens with zero attached hydrogens (tertiary/aromatic N) is 2. The number of methoxy groups -OCH3 is 1. The van der Waals surface area contributed by atoms with Gasteiger partial charge in [-0.25, -0.2) is 4.98 Å². The number of hydrogen-bond donors (Lipinski definition) is 1. The first-order valence-electron chi connectivity index (χ1n) is 12.4. The van der Waals surface area contributed by atoms with Crippen molar-refractivity contribution in [2.45, 2.75) is 64.0 Å². The topological polar surface area (TPSA) is 72.9 Å². The van der Waals surface area contributed by atoms with Gasteiger partial charge >= 0.3 is 0 Å². The molecule has 2 heterocycles. The van der Waals surface area contributed by atoms with Crippen LogP contribution in [0.25, 0.3) is 10.9 Å². The van der Waals surface area contributed by atoms with Gasteiger partial charge in [-0.1, -0.05) is 0 Å². The van der Waals surface area contributed by atoms with E-state index in [0.717, 1.165) is 53.7 Å². The standard InChI is InChI=1S/C26H35N3O4/c1-17(18-6-7-18)27-26-19-8-9-22(33-16-30)25(19)20-14-23(31-2)24(15-21(20)28-26)32-13-5-12-29-10-3-4-11-29/h14-18,22H,3-13H2,1-2H3,(H,27,28)/t17-,22?/m0/s1. The second-order valence-corrected chi connectivity index (χ2v) is 9.65. The van der Waals surface area contributed by atoms with Crippen LogP contribution in [0.4, 0.5) is 5.82 Å². The van der Waals surface area contributed by atoms with Crippen molar-refractivity contribution >= 4 is 23.2 Å². The van der Waals surface area contributed by atoms with Crippen molar-refractivity contribution < 1.29 is 19.0 Å². The normalized spacial score (nSPS) is 21.1. The second kappa shape index (κ2) is 9.75. The summed E-state index contributed by atoms with van der Waals surface area (Å²) in [4.78, 5) is 18.7. The molecular weight excluding hydrogens is 418 g/mol. The van der Waals surface area contributed by atoms with Crippen LogP contribution >= 0.6 is 0 Å². The summed E-state index contributed by atoms with van der Waals surface area (Å²) in [6.07, 6.45) is 7.50. The molecule has 7 nitrogen and oxygen atoms in total. The van der Waals surface area contributed by atoms with E-state index in [9.17, 15) is 4.79 Å². The van der Waals surface area contributed by atoms with Crippen molar-refractivity contribution in [1.29, 1.82) is 0 Å². The fraction of sp³-hybridized carbons (Fsp3) is 0.615. The molecule has 2 atom stereocenters. The lowest BCUT2D eigenvalue weighted by Crippen LogP contribution is -2.22. The lowest BCUT2D eigenvalue weighted by atomic mass is 10.0. The molecule has 1 N–H and O–H groups in total. The first-order chi connectivity index (χ1) is 16.2. The van der Waals surface area contributed by atoms with E-state index in [0.29, 0.717) is 36.5 Å². The third-order valence-electron chi connectivity index (χ3n) is 7.38. The highest BCUT2D eigenvalue weighted by atomic mass is 16.5. The third-order valence-corrected chi connectivity index (χ3v) is 7.38. The zero-order valence-corrected chi connectivity index (χ0v) is 19.8. The number of rotatable bonds is 11. The largest absolute Gasteiger partial charge is 0.493 e. The van der Waals surface area contributed by atoms with Crippen LogP contribution in [0, 0.1) is 5.92 Å². The molecule has 0 amide bonds. The van der Waals surface area contributed by atoms with Gasteiger partial charge in [0.15, 0.2) is 11.5 Å². The number of likely N-dealkylation sites (tertiary alicyclic amines) is 1. The molecule has 1 saturated carbocycles. The van der Waals surface area contributed by atoms with E-state index in [1.807, 2.05) is 12.1 Å². The molecule has 0 bridgehead atoms. The van der Waals surface area contributed by atoms with Crippen molar-refractivity contribution in [3.63, 3.8) is 0 Å². The maximum atomic E-state index is 11.2. The molecule has 2 fully saturated rings. The third kappa shape index (κ3) is 4.74. The Balaban J connectivity index is 1.44. The number of nitrogens with one attached hydrogen (secondary N) is 1. The first-order valence-corrected chi connectivity index (χ1v) is 12.4. The van der Waals surface area contributed by atoms with Crippen LogP contribution in [-0.4, -0.2) is 55.7 Å². The van der Waals surface area contributed by atoms with E-state index >= 15 is 0 Å². The molecule has 3 aliphatic rings. The number of ether oxygens (including phenoxy) is 3. The summed E-state index contributed by atoms with van der Waals surface area (Å²) in [5, 5.41) is 4.63. The number of carbonyl (C=O) groups is 1. The molecular formula is C26H35N3O4. The van der Waals surface area contributed by atoms with Gasteiger partial charge in [-0.2, -0.15) is 0 Å². The Bertz CT molecular complexity index is 1000. The number of aromatic nitrogens is 1. The van der Waals surface area contributed by atoms with Crippen molar-refractivity contribution in [3.05, 3.63) is 23.3 Å². The predicted octanol–water partition coefficient (Wildman–Crippen LogP) is 4.48. The van der Waals surface area contributed by atoms with Crippen LogP contribution in [0.1, 0.15) is 62.7 Å². The van der Waals surface area contributed by atoms with E-state index in [2.05, 4.69) is 17.1 Å². The van der Waals surface area contributed by atoms with Gasteiger partial charge in [0, 0.05) is 35.2 Å². The summed E-state index contributed by atoms with van der Waals surface area (Å²) < 4.78 is 17.3. The van der Waals surface area contributed by atoms with E-state index in [1.54, 1.807) is 7.11 Å². The Morgan fingerprint density at radius 2 is 2.03 bits per heavy atom. The molecule has 2 aliphatic carbocycles. The summed E-state index contributed by atoms with van der Waals surface area (Å²) in [5.41, 5.74) is 3.05. The fourth-order valence-electron chi connectivity index (χ4n) is 5.38. The van der Waals surface area contributed by atoms with Crippen LogP contribution < -0.4 is 14.8 Å². The molecule has 2 aromatic rings. The Labute approximate surface area is 195 Å². The van der Waals surface area contributed by atoms with E-state index in [1.165, 1.54) is 38.8 Å². The number of pyridine rings is 1. The van der Waals surface area contributed by atoms with Crippen molar-refractivity contribution in [2.75, 3.05) is 38.7 Å². The van der Waals surface area contributed by atoms with Crippen molar-refractivity contribution in [2.24, 2.45) is 5.92 Å². The quantitative estimate of drug-likeness (QED) is 0.397. The van der Waals surface area contributed by atoms with Gasteiger partial charge in [0.2, 0.25) is 0 Å². The van der Waals surface area contributed by atoms with Gasteiger partial charge in [0.25, 0.3) is 6.47 Å². The molecule has 7 heteroatoms. The van der Waals surface area contributed by atoms with Crippen molar-refractivity contribution in [3.8, 4) is 11.5 Å². The highest BCUT2D eigenvalue weighted by molar-refractivity contribution is 5.90. The minimum atomic E-state index is -0.253. The van der Waals surface area contributed by atoms with E-state index in [-0.39, 0.29) is 6.10 Å². The number of hydrogen-bond acceptors (Lipinski definition) is 7. The summed E-state index contributed by atoms with van der Waals surface area (Å²) in [7, 11) is 1.67. The number of fused-ring (bicyclic) bond motifs is 3. The molecule has 178 valence electrons. The van der Waals surface area contributed by atoms with Crippen LogP contribution in [0.15, 0.2) is 12.1 Å². The fourth-order valence-corrected chi connectivity index (χ4v) is 5.38. The summed E-state index contributed by atoms with van der Waals surface area (Å²) in [6, 6.07) is 4.36. The van der Waals surface area contributed by atoms with Gasteiger partial charge in [-0.3, -0.25) is 4.79 Å². The zero-order chi connectivity index (χ0) is 22.8. The second-order valence-electron chi connectivity index (χ2n) is 9.65. The smallest absolute Gasteiger partial charge is 0.293 e. The predicted molar refractivity (Wildman–Crippen MR) is 128 cm³/mol. The summed E-state index contributed by atoms with van der Waals surface area (Å²) >= 11 is 0. The molecule has 5 rings (SSSR count). The molecule has 0 spiro atoms. The molecule has 1 unspecified atom stereocenters. The van der Waals surface area contributed by atoms with Gasteiger partial charge in [0.1, 0.15) is 11.9 Å². The Hall–Kier alpha value is -2.54. The first kappa shape index (κ1) is 22.3. The molecule has 1 saturated heterocycles. The highest BCUT2D eigenvalue weighted by Gasteiger charge is 2.33. The molecule has 33 heavy (non-hydrogen) atoms. The molecule has 1 aromatic heterocycles. The Morgan fingerprint density at radius 3 is 2.76 bits per heavy atom. The Kier molecular flexibility index (Phi) is 6.58. The van der Waals surface area contributed by atoms with E-state index < -0.39 is 0 Å². The van der Waals surface area contributed by atoms with Gasteiger partial charge in [-0.05, 0) is 76.9 Å². The average Bonchev–Trinajstić information content (AvgIpc) is 3.39. The Morgan fingerprint density at radius 1 is 1.21 bits per heavy atom. The van der Waals surface area contributed by atoms with Gasteiger partial charge in [0.05, 0.1) is 19.2 Å². The monoisotopic (exact) mass is 453 g/mol. The molecule has 1 aliphatic heterocycles. The van der Waals surface area contributed by atoms with Gasteiger partial charge < -0.3 is 24.4 Å². The molecule has 0 radical (unpaired) electrons. The van der Waals surface area contributed by atoms with E-state index in [4.69, 9.17) is 19.2 Å².